The van der Waals surface area contributed by atoms with Gasteiger partial charge >= 0.3 is 6.18 Å². The van der Waals surface area contributed by atoms with Crippen molar-refractivity contribution in [3.63, 3.8) is 0 Å². The molecule has 10 heteroatoms. The maximum Gasteiger partial charge on any atom is 0.410 e. The zero-order valence-electron chi connectivity index (χ0n) is 17.3. The summed E-state index contributed by atoms with van der Waals surface area (Å²) < 4.78 is 42.1. The molecule has 0 radical (unpaired) electrons. The third kappa shape index (κ3) is 3.76. The Labute approximate surface area is 173 Å². The van der Waals surface area contributed by atoms with E-state index in [9.17, 15) is 22.8 Å². The lowest BCUT2D eigenvalue weighted by Gasteiger charge is -2.36. The second-order valence-corrected chi connectivity index (χ2v) is 8.66. The molecule has 0 saturated carbocycles. The van der Waals surface area contributed by atoms with Crippen LogP contribution < -0.4 is 5.32 Å². The van der Waals surface area contributed by atoms with E-state index < -0.39 is 18.1 Å². The minimum atomic E-state index is -4.38. The van der Waals surface area contributed by atoms with Gasteiger partial charge in [0, 0.05) is 38.7 Å². The van der Waals surface area contributed by atoms with Crippen molar-refractivity contribution in [1.29, 1.82) is 0 Å². The molecule has 1 aromatic rings. The van der Waals surface area contributed by atoms with Gasteiger partial charge in [0.25, 0.3) is 0 Å². The molecule has 3 aliphatic rings. The van der Waals surface area contributed by atoms with Crippen molar-refractivity contribution in [2.75, 3.05) is 25.5 Å². The maximum absolute atomic E-state index is 13.7. The lowest BCUT2D eigenvalue weighted by atomic mass is 9.96. The first-order chi connectivity index (χ1) is 14.2. The molecule has 1 aromatic heterocycles. The number of halogens is 3. The van der Waals surface area contributed by atoms with Crippen LogP contribution in [-0.2, 0) is 9.59 Å². The number of amides is 2. The monoisotopic (exact) mass is 427 g/mol. The number of likely N-dealkylation sites (tertiary alicyclic amines) is 2. The Balaban J connectivity index is 1.62. The van der Waals surface area contributed by atoms with Gasteiger partial charge in [0.05, 0.1) is 17.7 Å². The van der Waals surface area contributed by atoms with Gasteiger partial charge in [-0.2, -0.15) is 18.3 Å². The molecule has 4 heterocycles. The molecule has 0 aliphatic carbocycles. The molecule has 2 fully saturated rings. The van der Waals surface area contributed by atoms with Crippen molar-refractivity contribution in [2.45, 2.75) is 69.8 Å². The van der Waals surface area contributed by atoms with E-state index in [0.717, 1.165) is 17.5 Å². The van der Waals surface area contributed by atoms with Gasteiger partial charge in [-0.1, -0.05) is 6.92 Å². The topological polar surface area (TPSA) is 70.5 Å². The van der Waals surface area contributed by atoms with E-state index in [1.807, 2.05) is 6.92 Å². The molecule has 166 valence electrons. The molecule has 4 atom stereocenters. The summed E-state index contributed by atoms with van der Waals surface area (Å²) >= 11 is 0. The van der Waals surface area contributed by atoms with Crippen LogP contribution in [0, 0.1) is 5.92 Å². The number of rotatable bonds is 3. The summed E-state index contributed by atoms with van der Waals surface area (Å²) in [7, 11) is 1.68. The Morgan fingerprint density at radius 3 is 2.73 bits per heavy atom. The Hall–Kier alpha value is -2.26. The third-order valence-corrected chi connectivity index (χ3v) is 6.60. The number of alkyl halides is 3. The molecule has 1 N–H and O–H groups in total. The standard InChI is InChI=1S/C20H28F3N5O2/c1-3-13-9-16(20(21,22)23)28-17(24-13)10-14(25-28)15-6-4-5-7-27(15)19(30)12-8-18(29)26(2)11-12/h10,12-13,15-16,24H,3-9,11H2,1-2H3/t12-,13-,15-,16-/m1/s1. The molecule has 0 bridgehead atoms. The smallest absolute Gasteiger partial charge is 0.367 e. The van der Waals surface area contributed by atoms with E-state index in [1.54, 1.807) is 22.9 Å². The molecule has 4 rings (SSSR count). The fourth-order valence-electron chi connectivity index (χ4n) is 4.87. The summed E-state index contributed by atoms with van der Waals surface area (Å²) in [6.45, 7) is 2.78. The van der Waals surface area contributed by atoms with Crippen molar-refractivity contribution >= 4 is 17.6 Å². The zero-order chi connectivity index (χ0) is 21.6. The largest absolute Gasteiger partial charge is 0.410 e. The van der Waals surface area contributed by atoms with Gasteiger partial charge in [-0.3, -0.25) is 9.59 Å². The predicted octanol–water partition coefficient (Wildman–Crippen LogP) is 3.11. The molecule has 0 spiro atoms. The second kappa shape index (κ2) is 7.77. The van der Waals surface area contributed by atoms with E-state index >= 15 is 0 Å². The van der Waals surface area contributed by atoms with Crippen LogP contribution >= 0.6 is 0 Å². The maximum atomic E-state index is 13.7. The molecule has 2 amide bonds. The first-order valence-electron chi connectivity index (χ1n) is 10.7. The highest BCUT2D eigenvalue weighted by atomic mass is 19.4. The van der Waals surface area contributed by atoms with Gasteiger partial charge in [0.1, 0.15) is 5.82 Å². The normalized spacial score (nSPS) is 29.7. The van der Waals surface area contributed by atoms with Crippen molar-refractivity contribution in [3.05, 3.63) is 11.8 Å². The van der Waals surface area contributed by atoms with Crippen molar-refractivity contribution in [3.8, 4) is 0 Å². The first kappa shape index (κ1) is 21.0. The van der Waals surface area contributed by atoms with Gasteiger partial charge in [-0.25, -0.2) is 4.68 Å². The van der Waals surface area contributed by atoms with Crippen LogP contribution in [0.1, 0.15) is 63.2 Å². The second-order valence-electron chi connectivity index (χ2n) is 8.66. The summed E-state index contributed by atoms with van der Waals surface area (Å²) in [5, 5.41) is 7.51. The lowest BCUT2D eigenvalue weighted by molar-refractivity contribution is -0.173. The first-order valence-corrected chi connectivity index (χ1v) is 10.7. The Morgan fingerprint density at radius 2 is 2.10 bits per heavy atom. The molecule has 3 aliphatic heterocycles. The molecule has 0 unspecified atom stereocenters. The Kier molecular flexibility index (Phi) is 5.44. The fraction of sp³-hybridized carbons (Fsp3) is 0.750. The van der Waals surface area contributed by atoms with Crippen molar-refractivity contribution < 1.29 is 22.8 Å². The van der Waals surface area contributed by atoms with Crippen LogP contribution in [0.4, 0.5) is 19.0 Å². The molecular formula is C20H28F3N5O2. The number of hydrogen-bond donors (Lipinski definition) is 1. The van der Waals surface area contributed by atoms with Gasteiger partial charge < -0.3 is 15.1 Å². The molecule has 0 aromatic carbocycles. The van der Waals surface area contributed by atoms with Gasteiger partial charge in [0.2, 0.25) is 11.8 Å². The van der Waals surface area contributed by atoms with Crippen molar-refractivity contribution in [2.24, 2.45) is 5.92 Å². The lowest BCUT2D eigenvalue weighted by Crippen LogP contribution is -2.43. The van der Waals surface area contributed by atoms with Crippen LogP contribution in [0.2, 0.25) is 0 Å². The number of aromatic nitrogens is 2. The van der Waals surface area contributed by atoms with Crippen LogP contribution in [0.5, 0.6) is 0 Å². The average Bonchev–Trinajstić information content (AvgIpc) is 3.28. The number of piperidine rings is 1. The van der Waals surface area contributed by atoms with E-state index in [0.29, 0.717) is 37.4 Å². The van der Waals surface area contributed by atoms with Gasteiger partial charge in [-0.15, -0.1) is 0 Å². The SMILES string of the molecule is CC[C@@H]1C[C@H](C(F)(F)F)n2nc([C@H]3CCCCN3C(=O)[C@@H]3CC(=O)N(C)C3)cc2N1. The quantitative estimate of drug-likeness (QED) is 0.805. The minimum absolute atomic E-state index is 0.0535. The Morgan fingerprint density at radius 1 is 1.33 bits per heavy atom. The number of nitrogens with zero attached hydrogens (tertiary/aromatic N) is 4. The summed E-state index contributed by atoms with van der Waals surface area (Å²) in [6.07, 6.45) is -1.28. The van der Waals surface area contributed by atoms with Crippen LogP contribution in [0.15, 0.2) is 6.07 Å². The van der Waals surface area contributed by atoms with E-state index in [1.165, 1.54) is 0 Å². The number of carbonyl (C=O) groups excluding carboxylic acids is 2. The molecule has 2 saturated heterocycles. The number of nitrogens with one attached hydrogen (secondary N) is 1. The van der Waals surface area contributed by atoms with Gasteiger partial charge in [-0.05, 0) is 32.1 Å². The summed E-state index contributed by atoms with van der Waals surface area (Å²) in [5.41, 5.74) is 0.495. The van der Waals surface area contributed by atoms with Crippen LogP contribution in [0.25, 0.3) is 0 Å². The predicted molar refractivity (Wildman–Crippen MR) is 104 cm³/mol. The van der Waals surface area contributed by atoms with Crippen LogP contribution in [0.3, 0.4) is 0 Å². The fourth-order valence-corrected chi connectivity index (χ4v) is 4.87. The van der Waals surface area contributed by atoms with E-state index in [-0.39, 0.29) is 36.7 Å². The highest BCUT2D eigenvalue weighted by Gasteiger charge is 2.47. The van der Waals surface area contributed by atoms with E-state index in [4.69, 9.17) is 0 Å². The number of anilines is 1. The summed E-state index contributed by atoms with van der Waals surface area (Å²) in [4.78, 5) is 28.3. The number of fused-ring (bicyclic) bond motifs is 1. The molecular weight excluding hydrogens is 399 g/mol. The Bertz CT molecular complexity index is 824. The minimum Gasteiger partial charge on any atom is -0.367 e. The number of carbonyl (C=O) groups is 2. The molecule has 7 nitrogen and oxygen atoms in total. The van der Waals surface area contributed by atoms with Crippen molar-refractivity contribution in [1.82, 2.24) is 19.6 Å². The zero-order valence-corrected chi connectivity index (χ0v) is 17.3. The average molecular weight is 427 g/mol. The summed E-state index contributed by atoms with van der Waals surface area (Å²) in [6, 6.07) is -0.622. The van der Waals surface area contributed by atoms with E-state index in [2.05, 4.69) is 10.4 Å². The van der Waals surface area contributed by atoms with Gasteiger partial charge in [0.15, 0.2) is 6.04 Å². The van der Waals surface area contributed by atoms with Crippen LogP contribution in [-0.4, -0.2) is 63.7 Å². The highest BCUT2D eigenvalue weighted by molar-refractivity contribution is 5.89. The number of hydrogen-bond acceptors (Lipinski definition) is 4. The highest BCUT2D eigenvalue weighted by Crippen LogP contribution is 2.42. The third-order valence-electron chi connectivity index (χ3n) is 6.60. The summed E-state index contributed by atoms with van der Waals surface area (Å²) in [5.74, 6) is -0.192. The molecule has 30 heavy (non-hydrogen) atoms.